The van der Waals surface area contributed by atoms with Crippen molar-refractivity contribution in [1.29, 1.82) is 0 Å². The van der Waals surface area contributed by atoms with E-state index in [0.29, 0.717) is 21.9 Å². The highest BCUT2D eigenvalue weighted by molar-refractivity contribution is 7.79. The maximum atomic E-state index is 14.5. The Morgan fingerprint density at radius 1 is 0.867 bits per heavy atom. The first-order valence-electron chi connectivity index (χ1n) is 8.99. The quantitative estimate of drug-likeness (QED) is 0.391. The monoisotopic (exact) mass is 481 g/mol. The van der Waals surface area contributed by atoms with E-state index in [1.807, 2.05) is 0 Å². The van der Waals surface area contributed by atoms with Crippen LogP contribution in [0.25, 0.3) is 0 Å². The summed E-state index contributed by atoms with van der Waals surface area (Å²) in [6.45, 7) is 0. The predicted molar refractivity (Wildman–Crippen MR) is 124 cm³/mol. The molecule has 1 amide bonds. The minimum atomic E-state index is -3.60. The Labute approximate surface area is 190 Å². The smallest absolute Gasteiger partial charge is 0.252 e. The Kier molecular flexibility index (Phi) is 7.15. The molecule has 0 fully saturated rings. The molecule has 4 nitrogen and oxygen atoms in total. The first-order valence-corrected chi connectivity index (χ1v) is 11.9. The van der Waals surface area contributed by atoms with Crippen LogP contribution in [-0.4, -0.2) is 22.6 Å². The van der Waals surface area contributed by atoms with E-state index in [4.69, 9.17) is 39.5 Å². The number of rotatable bonds is 6. The number of hydrogen-bond donors (Lipinski definition) is 1. The fourth-order valence-corrected chi connectivity index (χ4v) is 7.31. The van der Waals surface area contributed by atoms with Crippen molar-refractivity contribution in [3.8, 4) is 5.75 Å². The lowest BCUT2D eigenvalue weighted by Crippen LogP contribution is -2.47. The maximum absolute atomic E-state index is 14.5. The van der Waals surface area contributed by atoms with Crippen LogP contribution >= 0.6 is 41.9 Å². The van der Waals surface area contributed by atoms with Crippen LogP contribution in [0.5, 0.6) is 5.75 Å². The molecule has 30 heavy (non-hydrogen) atoms. The summed E-state index contributed by atoms with van der Waals surface area (Å²) < 4.78 is 17.6. The highest BCUT2D eigenvalue weighted by atomic mass is 35.6. The molecule has 3 rings (SSSR count). The molecular formula is C22H19Cl3NO3P. The fourth-order valence-electron chi connectivity index (χ4n) is 3.07. The molecule has 0 aromatic heterocycles. The number of amides is 1. The second-order valence-corrected chi connectivity index (χ2v) is 11.7. The summed E-state index contributed by atoms with van der Waals surface area (Å²) in [6.07, 6.45) is 0. The summed E-state index contributed by atoms with van der Waals surface area (Å²) >= 11 is 18.9. The van der Waals surface area contributed by atoms with Crippen molar-refractivity contribution in [2.75, 3.05) is 7.11 Å². The van der Waals surface area contributed by atoms with Gasteiger partial charge in [0, 0.05) is 16.2 Å². The van der Waals surface area contributed by atoms with Gasteiger partial charge in [-0.1, -0.05) is 95.5 Å². The van der Waals surface area contributed by atoms with Crippen LogP contribution in [0.4, 0.5) is 0 Å². The Bertz CT molecular complexity index is 995. The number of carbonyl (C=O) groups is 1. The van der Waals surface area contributed by atoms with Gasteiger partial charge in [0.15, 0.2) is 7.14 Å². The van der Waals surface area contributed by atoms with Gasteiger partial charge in [-0.15, -0.1) is 0 Å². The number of benzene rings is 3. The summed E-state index contributed by atoms with van der Waals surface area (Å²) in [7, 11) is -2.07. The van der Waals surface area contributed by atoms with Gasteiger partial charge in [-0.25, -0.2) is 0 Å². The second kappa shape index (κ2) is 9.45. The number of halogens is 3. The standard InChI is InChI=1S/C22H19Cl3NO3P/c1-29-17-14-12-16(13-15-17)20(27)26-21(22(23,24)25)30(28,18-8-4-2-5-9-18)19-10-6-3-7-11-19/h2-15,21H,1H3,(H,26,27). The minimum absolute atomic E-state index is 0.322. The molecule has 3 aromatic carbocycles. The van der Waals surface area contributed by atoms with Gasteiger partial charge in [0.1, 0.15) is 11.5 Å². The fraction of sp³-hybridized carbons (Fsp3) is 0.136. The molecule has 156 valence electrons. The molecule has 0 aliphatic carbocycles. The number of methoxy groups -OCH3 is 1. The zero-order valence-electron chi connectivity index (χ0n) is 16.0. The van der Waals surface area contributed by atoms with Gasteiger partial charge >= 0.3 is 0 Å². The van der Waals surface area contributed by atoms with Crippen LogP contribution in [0.15, 0.2) is 84.9 Å². The molecule has 0 radical (unpaired) electrons. The first kappa shape index (κ1) is 22.7. The number of nitrogens with one attached hydrogen (secondary N) is 1. The molecule has 0 aliphatic rings. The van der Waals surface area contributed by atoms with Gasteiger partial charge < -0.3 is 14.6 Å². The number of carbonyl (C=O) groups excluding carboxylic acids is 1. The Morgan fingerprint density at radius 2 is 1.33 bits per heavy atom. The van der Waals surface area contributed by atoms with Crippen molar-refractivity contribution >= 4 is 58.5 Å². The van der Waals surface area contributed by atoms with Gasteiger partial charge in [0.05, 0.1) is 7.11 Å². The summed E-state index contributed by atoms with van der Waals surface area (Å²) in [5, 5.41) is 3.66. The number of ether oxygens (including phenoxy) is 1. The van der Waals surface area contributed by atoms with Crippen molar-refractivity contribution in [1.82, 2.24) is 5.32 Å². The third kappa shape index (κ3) is 4.84. The normalized spacial score (nSPS) is 12.8. The lowest BCUT2D eigenvalue weighted by atomic mass is 10.2. The number of alkyl halides is 3. The van der Waals surface area contributed by atoms with Crippen molar-refractivity contribution in [3.63, 3.8) is 0 Å². The van der Waals surface area contributed by atoms with Crippen molar-refractivity contribution in [2.24, 2.45) is 0 Å². The summed E-state index contributed by atoms with van der Waals surface area (Å²) in [5.41, 5.74) is 0.322. The third-order valence-corrected chi connectivity index (χ3v) is 9.06. The van der Waals surface area contributed by atoms with E-state index in [-0.39, 0.29) is 0 Å². The molecule has 0 aliphatic heterocycles. The van der Waals surface area contributed by atoms with E-state index >= 15 is 0 Å². The lowest BCUT2D eigenvalue weighted by molar-refractivity contribution is 0.0948. The molecular weight excluding hydrogens is 464 g/mol. The van der Waals surface area contributed by atoms with E-state index in [0.717, 1.165) is 0 Å². The molecule has 0 spiro atoms. The maximum Gasteiger partial charge on any atom is 0.252 e. The molecule has 1 atom stereocenters. The minimum Gasteiger partial charge on any atom is -0.497 e. The van der Waals surface area contributed by atoms with E-state index in [9.17, 15) is 9.36 Å². The summed E-state index contributed by atoms with van der Waals surface area (Å²) in [4.78, 5) is 13.0. The van der Waals surface area contributed by atoms with Gasteiger partial charge in [-0.3, -0.25) is 4.79 Å². The topological polar surface area (TPSA) is 55.4 Å². The van der Waals surface area contributed by atoms with Crippen molar-refractivity contribution in [3.05, 3.63) is 90.5 Å². The zero-order valence-corrected chi connectivity index (χ0v) is 19.1. The average molecular weight is 483 g/mol. The summed E-state index contributed by atoms with van der Waals surface area (Å²) in [5.74, 6) is -1.21. The van der Waals surface area contributed by atoms with E-state index in [1.165, 1.54) is 7.11 Å². The lowest BCUT2D eigenvalue weighted by Gasteiger charge is -2.34. The first-order chi connectivity index (χ1) is 14.3. The second-order valence-electron chi connectivity index (χ2n) is 6.48. The predicted octanol–water partition coefficient (Wildman–Crippen LogP) is 5.14. The average Bonchev–Trinajstić information content (AvgIpc) is 2.77. The SMILES string of the molecule is COc1ccc(C(=O)NC(C(Cl)(Cl)Cl)P(=O)(c2ccccc2)c2ccccc2)cc1. The van der Waals surface area contributed by atoms with Gasteiger partial charge in [-0.2, -0.15) is 0 Å². The molecule has 0 saturated carbocycles. The zero-order chi connectivity index (χ0) is 21.8. The molecule has 1 unspecified atom stereocenters. The molecule has 8 heteroatoms. The van der Waals surface area contributed by atoms with Gasteiger partial charge in [0.25, 0.3) is 5.91 Å². The Morgan fingerprint density at radius 3 is 1.73 bits per heavy atom. The molecule has 1 N–H and O–H groups in total. The highest BCUT2D eigenvalue weighted by Crippen LogP contribution is 2.55. The van der Waals surface area contributed by atoms with E-state index in [2.05, 4.69) is 5.32 Å². The molecule has 0 saturated heterocycles. The Balaban J connectivity index is 2.09. The molecule has 0 bridgehead atoms. The highest BCUT2D eigenvalue weighted by Gasteiger charge is 2.49. The van der Waals surface area contributed by atoms with Crippen molar-refractivity contribution < 1.29 is 14.1 Å². The number of hydrogen-bond acceptors (Lipinski definition) is 3. The van der Waals surface area contributed by atoms with E-state index in [1.54, 1.807) is 84.9 Å². The van der Waals surface area contributed by atoms with Crippen LogP contribution in [0.2, 0.25) is 0 Å². The van der Waals surface area contributed by atoms with Crippen LogP contribution in [0.1, 0.15) is 10.4 Å². The third-order valence-electron chi connectivity index (χ3n) is 4.57. The van der Waals surface area contributed by atoms with Crippen molar-refractivity contribution in [2.45, 2.75) is 9.58 Å². The molecule has 0 heterocycles. The van der Waals surface area contributed by atoms with Gasteiger partial charge in [0.2, 0.25) is 3.79 Å². The molecule has 3 aromatic rings. The van der Waals surface area contributed by atoms with Gasteiger partial charge in [-0.05, 0) is 24.3 Å². The Hall–Kier alpha value is -1.97. The largest absolute Gasteiger partial charge is 0.497 e. The van der Waals surface area contributed by atoms with Crippen LogP contribution in [0.3, 0.4) is 0 Å². The summed E-state index contributed by atoms with van der Waals surface area (Å²) in [6, 6.07) is 23.9. The van der Waals surface area contributed by atoms with Crippen LogP contribution < -0.4 is 20.7 Å². The van der Waals surface area contributed by atoms with Crippen LogP contribution in [0, 0.1) is 0 Å². The van der Waals surface area contributed by atoms with E-state index < -0.39 is 22.6 Å². The van der Waals surface area contributed by atoms with Crippen LogP contribution in [-0.2, 0) is 4.57 Å².